The van der Waals surface area contributed by atoms with Gasteiger partial charge in [-0.1, -0.05) is 41.0 Å². The lowest BCUT2D eigenvalue weighted by Crippen LogP contribution is -2.26. The number of hydrogen-bond acceptors (Lipinski definition) is 1. The van der Waals surface area contributed by atoms with Gasteiger partial charge in [-0.05, 0) is 59.1 Å². The molecule has 1 aliphatic rings. The van der Waals surface area contributed by atoms with E-state index in [0.29, 0.717) is 0 Å². The number of allylic oxidation sites excluding steroid dienone is 4. The molecule has 0 aromatic heterocycles. The Morgan fingerprint density at radius 3 is 2.37 bits per heavy atom. The van der Waals surface area contributed by atoms with Gasteiger partial charge in [0, 0.05) is 11.2 Å². The molecule has 1 N–H and O–H groups in total. The number of para-hydroxylation sites is 1. The number of hydrogen-bond donors (Lipinski definition) is 1. The summed E-state index contributed by atoms with van der Waals surface area (Å²) in [5, 5.41) is 3.61. The summed E-state index contributed by atoms with van der Waals surface area (Å²) >= 11 is 0. The zero-order valence-corrected chi connectivity index (χ0v) is 12.8. The molecule has 19 heavy (non-hydrogen) atoms. The fourth-order valence-electron chi connectivity index (χ4n) is 2.63. The van der Waals surface area contributed by atoms with Crippen LogP contribution >= 0.6 is 0 Å². The zero-order chi connectivity index (χ0) is 14.0. The predicted octanol–water partition coefficient (Wildman–Crippen LogP) is 5.11. The third-order valence-corrected chi connectivity index (χ3v) is 3.44. The van der Waals surface area contributed by atoms with E-state index in [1.54, 1.807) is 5.57 Å². The third-order valence-electron chi connectivity index (χ3n) is 3.44. The second-order valence-electron chi connectivity index (χ2n) is 6.66. The maximum atomic E-state index is 3.61. The van der Waals surface area contributed by atoms with E-state index in [2.05, 4.69) is 70.3 Å². The van der Waals surface area contributed by atoms with Crippen molar-refractivity contribution in [3.63, 3.8) is 0 Å². The van der Waals surface area contributed by atoms with E-state index in [9.17, 15) is 0 Å². The van der Waals surface area contributed by atoms with Crippen molar-refractivity contribution in [1.82, 2.24) is 0 Å². The minimum atomic E-state index is 0.101. The van der Waals surface area contributed by atoms with Crippen LogP contribution in [0.3, 0.4) is 0 Å². The Hall–Kier alpha value is -1.50. The van der Waals surface area contributed by atoms with Gasteiger partial charge in [-0.15, -0.1) is 0 Å². The minimum Gasteiger partial charge on any atom is -0.380 e. The summed E-state index contributed by atoms with van der Waals surface area (Å²) in [7, 11) is 0. The van der Waals surface area contributed by atoms with Gasteiger partial charge in [0.2, 0.25) is 0 Å². The van der Waals surface area contributed by atoms with Crippen LogP contribution in [0.5, 0.6) is 0 Å². The van der Waals surface area contributed by atoms with E-state index in [4.69, 9.17) is 0 Å². The lowest BCUT2D eigenvalue weighted by Gasteiger charge is -2.24. The molecule has 1 aliphatic carbocycles. The summed E-state index contributed by atoms with van der Waals surface area (Å²) in [4.78, 5) is 0. The van der Waals surface area contributed by atoms with E-state index in [1.807, 2.05) is 0 Å². The summed E-state index contributed by atoms with van der Waals surface area (Å²) in [5.41, 5.74) is 7.25. The SMILES string of the molecule is CC1=CC(C)=C(Cc2ccccc2NC(C)(C)C)C1. The van der Waals surface area contributed by atoms with Gasteiger partial charge in [0.15, 0.2) is 0 Å². The van der Waals surface area contributed by atoms with E-state index in [1.165, 1.54) is 22.4 Å². The van der Waals surface area contributed by atoms with Crippen LogP contribution in [0.1, 0.15) is 46.6 Å². The Kier molecular flexibility index (Phi) is 3.84. The van der Waals surface area contributed by atoms with Crippen molar-refractivity contribution >= 4 is 5.69 Å². The fraction of sp³-hybridized carbons (Fsp3) is 0.444. The van der Waals surface area contributed by atoms with Crippen LogP contribution in [0.25, 0.3) is 0 Å². The number of benzene rings is 1. The number of anilines is 1. The summed E-state index contributed by atoms with van der Waals surface area (Å²) in [6.07, 6.45) is 4.50. The van der Waals surface area contributed by atoms with Crippen molar-refractivity contribution in [1.29, 1.82) is 0 Å². The molecule has 2 rings (SSSR count). The topological polar surface area (TPSA) is 12.0 Å². The molecular formula is C18H25N. The largest absolute Gasteiger partial charge is 0.380 e. The Balaban J connectivity index is 2.20. The van der Waals surface area contributed by atoms with Crippen molar-refractivity contribution in [2.75, 3.05) is 5.32 Å². The molecule has 0 bridgehead atoms. The van der Waals surface area contributed by atoms with Gasteiger partial charge in [0.05, 0.1) is 0 Å². The monoisotopic (exact) mass is 255 g/mol. The lowest BCUT2D eigenvalue weighted by molar-refractivity contribution is 0.633. The Bertz CT molecular complexity index is 527. The van der Waals surface area contributed by atoms with E-state index >= 15 is 0 Å². The molecule has 1 nitrogen and oxygen atoms in total. The van der Waals surface area contributed by atoms with Gasteiger partial charge >= 0.3 is 0 Å². The quantitative estimate of drug-likeness (QED) is 0.791. The van der Waals surface area contributed by atoms with Gasteiger partial charge in [-0.25, -0.2) is 0 Å². The molecule has 0 saturated carbocycles. The van der Waals surface area contributed by atoms with Crippen molar-refractivity contribution in [3.05, 3.63) is 52.6 Å². The molecule has 1 aromatic carbocycles. The summed E-state index contributed by atoms with van der Waals surface area (Å²) in [6, 6.07) is 8.67. The molecule has 1 aromatic rings. The molecule has 0 aliphatic heterocycles. The van der Waals surface area contributed by atoms with Crippen LogP contribution < -0.4 is 5.32 Å². The Morgan fingerprint density at radius 2 is 1.79 bits per heavy atom. The average molecular weight is 255 g/mol. The molecule has 0 heterocycles. The van der Waals surface area contributed by atoms with Crippen LogP contribution in [-0.2, 0) is 6.42 Å². The Morgan fingerprint density at radius 1 is 1.11 bits per heavy atom. The molecule has 0 amide bonds. The van der Waals surface area contributed by atoms with Gasteiger partial charge in [-0.2, -0.15) is 0 Å². The molecule has 0 radical (unpaired) electrons. The first-order valence-electron chi connectivity index (χ1n) is 7.07. The molecule has 1 heteroatoms. The molecule has 0 saturated heterocycles. The van der Waals surface area contributed by atoms with Crippen LogP contribution in [0.15, 0.2) is 47.1 Å². The van der Waals surface area contributed by atoms with Crippen LogP contribution in [0.4, 0.5) is 5.69 Å². The summed E-state index contributed by atoms with van der Waals surface area (Å²) in [6.45, 7) is 11.1. The molecular weight excluding hydrogens is 230 g/mol. The average Bonchev–Trinajstić information content (AvgIpc) is 2.58. The second-order valence-corrected chi connectivity index (χ2v) is 6.66. The van der Waals surface area contributed by atoms with Crippen molar-refractivity contribution in [2.45, 2.75) is 53.0 Å². The molecule has 0 fully saturated rings. The van der Waals surface area contributed by atoms with E-state index in [-0.39, 0.29) is 5.54 Å². The first kappa shape index (κ1) is 13.9. The predicted molar refractivity (Wildman–Crippen MR) is 84.6 cm³/mol. The highest BCUT2D eigenvalue weighted by Crippen LogP contribution is 2.30. The zero-order valence-electron chi connectivity index (χ0n) is 12.8. The van der Waals surface area contributed by atoms with Crippen molar-refractivity contribution < 1.29 is 0 Å². The maximum Gasteiger partial charge on any atom is 0.0379 e. The fourth-order valence-corrected chi connectivity index (χ4v) is 2.63. The molecule has 0 atom stereocenters. The van der Waals surface area contributed by atoms with Crippen LogP contribution in [0, 0.1) is 0 Å². The van der Waals surface area contributed by atoms with E-state index < -0.39 is 0 Å². The molecule has 0 unspecified atom stereocenters. The normalized spacial score (nSPS) is 15.7. The van der Waals surface area contributed by atoms with Gasteiger partial charge in [0.25, 0.3) is 0 Å². The lowest BCUT2D eigenvalue weighted by atomic mass is 9.98. The number of rotatable bonds is 3. The van der Waals surface area contributed by atoms with E-state index in [0.717, 1.165) is 12.8 Å². The van der Waals surface area contributed by atoms with Gasteiger partial charge in [-0.3, -0.25) is 0 Å². The first-order valence-corrected chi connectivity index (χ1v) is 7.07. The molecule has 102 valence electrons. The smallest absolute Gasteiger partial charge is 0.0379 e. The maximum absolute atomic E-state index is 3.61. The van der Waals surface area contributed by atoms with Crippen LogP contribution in [-0.4, -0.2) is 5.54 Å². The highest BCUT2D eigenvalue weighted by Gasteiger charge is 2.15. The molecule has 0 spiro atoms. The standard InChI is InChI=1S/C18H25N/c1-13-10-14(2)16(11-13)12-15-8-6-7-9-17(15)19-18(3,4)5/h6-10,19H,11-12H2,1-5H3. The van der Waals surface area contributed by atoms with Crippen molar-refractivity contribution in [2.24, 2.45) is 0 Å². The summed E-state index contributed by atoms with van der Waals surface area (Å²) < 4.78 is 0. The first-order chi connectivity index (χ1) is 8.85. The number of nitrogens with one attached hydrogen (secondary N) is 1. The second kappa shape index (κ2) is 5.24. The third kappa shape index (κ3) is 3.73. The van der Waals surface area contributed by atoms with Crippen LogP contribution in [0.2, 0.25) is 0 Å². The summed E-state index contributed by atoms with van der Waals surface area (Å²) in [5.74, 6) is 0. The van der Waals surface area contributed by atoms with Crippen molar-refractivity contribution in [3.8, 4) is 0 Å². The van der Waals surface area contributed by atoms with Gasteiger partial charge in [0.1, 0.15) is 0 Å². The highest BCUT2D eigenvalue weighted by atomic mass is 15.0. The Labute approximate surface area is 117 Å². The van der Waals surface area contributed by atoms with Gasteiger partial charge < -0.3 is 5.32 Å². The highest BCUT2D eigenvalue weighted by molar-refractivity contribution is 5.55. The minimum absolute atomic E-state index is 0.101.